The molecule has 1 aliphatic rings. The van der Waals surface area contributed by atoms with Gasteiger partial charge >= 0.3 is 0 Å². The highest BCUT2D eigenvalue weighted by molar-refractivity contribution is 7.89. The second-order valence-electron chi connectivity index (χ2n) is 7.05. The van der Waals surface area contributed by atoms with Gasteiger partial charge in [0.15, 0.2) is 0 Å². The first kappa shape index (κ1) is 17.3. The van der Waals surface area contributed by atoms with Crippen LogP contribution in [0.5, 0.6) is 0 Å². The standard InChI is InChI=1S/C20H23N3O2S/c21-26(24,25)18-6-3-4-15(12-18)14-23-10-8-16(9-11-23)20-13-17-5-1-2-7-19(17)22-20/h1-7,12-13,16,22H,8-11,14H2,(H2,21,24,25). The Labute approximate surface area is 153 Å². The first-order valence-corrected chi connectivity index (χ1v) is 10.5. The van der Waals surface area contributed by atoms with Gasteiger partial charge in [0.25, 0.3) is 0 Å². The van der Waals surface area contributed by atoms with Crippen molar-refractivity contribution in [2.75, 3.05) is 13.1 Å². The normalized spacial score (nSPS) is 17.0. The van der Waals surface area contributed by atoms with Crippen LogP contribution < -0.4 is 5.14 Å². The van der Waals surface area contributed by atoms with Crippen molar-refractivity contribution in [1.82, 2.24) is 9.88 Å². The van der Waals surface area contributed by atoms with Crippen molar-refractivity contribution in [2.45, 2.75) is 30.2 Å². The number of hydrogen-bond acceptors (Lipinski definition) is 3. The van der Waals surface area contributed by atoms with E-state index < -0.39 is 10.0 Å². The van der Waals surface area contributed by atoms with E-state index in [-0.39, 0.29) is 4.90 Å². The van der Waals surface area contributed by atoms with Crippen molar-refractivity contribution >= 4 is 20.9 Å². The van der Waals surface area contributed by atoms with Gasteiger partial charge in [0.05, 0.1) is 4.90 Å². The van der Waals surface area contributed by atoms with Crippen LogP contribution in [0.25, 0.3) is 10.9 Å². The number of H-pyrrole nitrogens is 1. The average molecular weight is 369 g/mol. The van der Waals surface area contributed by atoms with Gasteiger partial charge in [-0.1, -0.05) is 30.3 Å². The number of aromatic nitrogens is 1. The van der Waals surface area contributed by atoms with E-state index in [0.717, 1.165) is 38.0 Å². The number of rotatable bonds is 4. The summed E-state index contributed by atoms with van der Waals surface area (Å²) in [7, 11) is -3.65. The van der Waals surface area contributed by atoms with Gasteiger partial charge in [-0.2, -0.15) is 0 Å². The zero-order valence-electron chi connectivity index (χ0n) is 14.6. The van der Waals surface area contributed by atoms with Crippen molar-refractivity contribution in [3.8, 4) is 0 Å². The van der Waals surface area contributed by atoms with Gasteiger partial charge in [0.1, 0.15) is 0 Å². The summed E-state index contributed by atoms with van der Waals surface area (Å²) in [6.07, 6.45) is 2.20. The van der Waals surface area contributed by atoms with Crippen LogP contribution in [0.15, 0.2) is 59.5 Å². The molecule has 0 unspecified atom stereocenters. The SMILES string of the molecule is NS(=O)(=O)c1cccc(CN2CCC(c3cc4ccccc4[nH]3)CC2)c1. The maximum Gasteiger partial charge on any atom is 0.238 e. The predicted octanol–water partition coefficient (Wildman–Crippen LogP) is 3.19. The lowest BCUT2D eigenvalue weighted by Gasteiger charge is -2.31. The number of nitrogens with two attached hydrogens (primary N) is 1. The van der Waals surface area contributed by atoms with E-state index in [4.69, 9.17) is 5.14 Å². The monoisotopic (exact) mass is 369 g/mol. The van der Waals surface area contributed by atoms with Crippen LogP contribution in [0.1, 0.15) is 30.0 Å². The van der Waals surface area contributed by atoms with Crippen LogP contribution >= 0.6 is 0 Å². The van der Waals surface area contributed by atoms with Gasteiger partial charge < -0.3 is 4.98 Å². The summed E-state index contributed by atoms with van der Waals surface area (Å²) in [5, 5.41) is 6.50. The maximum absolute atomic E-state index is 11.5. The van der Waals surface area contributed by atoms with Crippen LogP contribution in [0.3, 0.4) is 0 Å². The number of benzene rings is 2. The third-order valence-corrected chi connectivity index (χ3v) is 6.12. The minimum Gasteiger partial charge on any atom is -0.358 e. The van der Waals surface area contributed by atoms with Gasteiger partial charge in [0, 0.05) is 23.7 Å². The van der Waals surface area contributed by atoms with E-state index in [1.54, 1.807) is 18.2 Å². The Kier molecular flexibility index (Phi) is 4.56. The zero-order chi connectivity index (χ0) is 18.1. The highest BCUT2D eigenvalue weighted by Gasteiger charge is 2.22. The van der Waals surface area contributed by atoms with Crippen LogP contribution in [-0.4, -0.2) is 31.4 Å². The number of hydrogen-bond donors (Lipinski definition) is 2. The van der Waals surface area contributed by atoms with Gasteiger partial charge in [-0.3, -0.25) is 4.90 Å². The molecule has 0 bridgehead atoms. The summed E-state index contributed by atoms with van der Waals surface area (Å²) in [4.78, 5) is 6.11. The fourth-order valence-electron chi connectivity index (χ4n) is 3.80. The number of nitrogens with zero attached hydrogens (tertiary/aromatic N) is 1. The molecule has 1 aliphatic heterocycles. The Bertz CT molecular complexity index is 985. The topological polar surface area (TPSA) is 79.2 Å². The second-order valence-corrected chi connectivity index (χ2v) is 8.62. The molecule has 0 saturated carbocycles. The van der Waals surface area contributed by atoms with Crippen molar-refractivity contribution in [2.24, 2.45) is 5.14 Å². The van der Waals surface area contributed by atoms with E-state index >= 15 is 0 Å². The summed E-state index contributed by atoms with van der Waals surface area (Å²) in [5.41, 5.74) is 3.51. The van der Waals surface area contributed by atoms with E-state index in [9.17, 15) is 8.42 Å². The molecular weight excluding hydrogens is 346 g/mol. The summed E-state index contributed by atoms with van der Waals surface area (Å²) in [6, 6.07) is 17.6. The average Bonchev–Trinajstić information content (AvgIpc) is 3.06. The summed E-state index contributed by atoms with van der Waals surface area (Å²) in [5.74, 6) is 0.550. The number of aromatic amines is 1. The molecule has 0 amide bonds. The molecule has 1 aromatic heterocycles. The molecule has 0 atom stereocenters. The molecule has 2 heterocycles. The quantitative estimate of drug-likeness (QED) is 0.741. The van der Waals surface area contributed by atoms with Gasteiger partial charge in [-0.05, 0) is 61.1 Å². The second kappa shape index (κ2) is 6.87. The Morgan fingerprint density at radius 1 is 1.04 bits per heavy atom. The van der Waals surface area contributed by atoms with Crippen molar-refractivity contribution < 1.29 is 8.42 Å². The van der Waals surface area contributed by atoms with Crippen molar-refractivity contribution in [3.63, 3.8) is 0 Å². The molecule has 6 heteroatoms. The Morgan fingerprint density at radius 2 is 1.81 bits per heavy atom. The third kappa shape index (κ3) is 3.67. The summed E-state index contributed by atoms with van der Waals surface area (Å²) >= 11 is 0. The smallest absolute Gasteiger partial charge is 0.238 e. The molecular formula is C20H23N3O2S. The highest BCUT2D eigenvalue weighted by atomic mass is 32.2. The zero-order valence-corrected chi connectivity index (χ0v) is 15.4. The molecule has 3 N–H and O–H groups in total. The van der Waals surface area contributed by atoms with Gasteiger partial charge in [-0.15, -0.1) is 0 Å². The fraction of sp³-hybridized carbons (Fsp3) is 0.300. The van der Waals surface area contributed by atoms with E-state index in [0.29, 0.717) is 5.92 Å². The number of nitrogens with one attached hydrogen (secondary N) is 1. The Hall–Kier alpha value is -2.15. The largest absolute Gasteiger partial charge is 0.358 e. The molecule has 1 saturated heterocycles. The molecule has 136 valence electrons. The number of sulfonamides is 1. The van der Waals surface area contributed by atoms with E-state index in [2.05, 4.69) is 40.2 Å². The van der Waals surface area contributed by atoms with Crippen molar-refractivity contribution in [3.05, 3.63) is 65.9 Å². The molecule has 26 heavy (non-hydrogen) atoms. The van der Waals surface area contributed by atoms with Gasteiger partial charge in [0.2, 0.25) is 10.0 Å². The molecule has 0 radical (unpaired) electrons. The molecule has 2 aromatic carbocycles. The number of likely N-dealkylation sites (tertiary alicyclic amines) is 1. The first-order valence-electron chi connectivity index (χ1n) is 8.91. The maximum atomic E-state index is 11.5. The molecule has 0 spiro atoms. The van der Waals surface area contributed by atoms with Crippen LogP contribution in [-0.2, 0) is 16.6 Å². The number of fused-ring (bicyclic) bond motifs is 1. The lowest BCUT2D eigenvalue weighted by atomic mass is 9.93. The van der Waals surface area contributed by atoms with E-state index in [1.807, 2.05) is 6.07 Å². The molecule has 5 nitrogen and oxygen atoms in total. The fourth-order valence-corrected chi connectivity index (χ4v) is 4.38. The van der Waals surface area contributed by atoms with Crippen LogP contribution in [0, 0.1) is 0 Å². The van der Waals surface area contributed by atoms with E-state index in [1.165, 1.54) is 16.6 Å². The third-order valence-electron chi connectivity index (χ3n) is 5.21. The summed E-state index contributed by atoms with van der Waals surface area (Å²) < 4.78 is 23.0. The lowest BCUT2D eigenvalue weighted by Crippen LogP contribution is -2.32. The molecule has 3 aromatic rings. The minimum absolute atomic E-state index is 0.183. The van der Waals surface area contributed by atoms with Gasteiger partial charge in [-0.25, -0.2) is 13.6 Å². The molecule has 0 aliphatic carbocycles. The number of primary sulfonamides is 1. The highest BCUT2D eigenvalue weighted by Crippen LogP contribution is 2.30. The Morgan fingerprint density at radius 3 is 2.54 bits per heavy atom. The predicted molar refractivity (Wildman–Crippen MR) is 103 cm³/mol. The van der Waals surface area contributed by atoms with Crippen LogP contribution in [0.2, 0.25) is 0 Å². The first-order chi connectivity index (χ1) is 12.5. The minimum atomic E-state index is -3.65. The number of piperidine rings is 1. The lowest BCUT2D eigenvalue weighted by molar-refractivity contribution is 0.203. The molecule has 1 fully saturated rings. The molecule has 4 rings (SSSR count). The number of para-hydroxylation sites is 1. The van der Waals surface area contributed by atoms with Crippen molar-refractivity contribution in [1.29, 1.82) is 0 Å². The van der Waals surface area contributed by atoms with Crippen LogP contribution in [0.4, 0.5) is 0 Å². The Balaban J connectivity index is 1.41. The summed E-state index contributed by atoms with van der Waals surface area (Å²) in [6.45, 7) is 2.75.